The first-order valence-corrected chi connectivity index (χ1v) is 6.82. The Morgan fingerprint density at radius 3 is 2.20 bits per heavy atom. The molecule has 3 heteroatoms. The standard InChI is InChI=1S/C17H20N2O/c1-19(18)17(20)9-5-6-14-10-12-16(13-11-14)15-7-3-2-4-8-15/h2-4,7-8,10-13H,5-6,9,18H2,1H3. The third-order valence-corrected chi connectivity index (χ3v) is 3.31. The summed E-state index contributed by atoms with van der Waals surface area (Å²) in [6.45, 7) is 0. The maximum atomic E-state index is 11.4. The molecule has 2 aromatic carbocycles. The van der Waals surface area contributed by atoms with Crippen LogP contribution in [0.4, 0.5) is 0 Å². The van der Waals surface area contributed by atoms with E-state index < -0.39 is 0 Å². The van der Waals surface area contributed by atoms with E-state index in [1.54, 1.807) is 7.05 Å². The van der Waals surface area contributed by atoms with E-state index >= 15 is 0 Å². The van der Waals surface area contributed by atoms with Crippen molar-refractivity contribution in [2.75, 3.05) is 7.05 Å². The van der Waals surface area contributed by atoms with Gasteiger partial charge in [-0.1, -0.05) is 54.6 Å². The van der Waals surface area contributed by atoms with E-state index in [-0.39, 0.29) is 5.91 Å². The van der Waals surface area contributed by atoms with Crippen LogP contribution in [-0.4, -0.2) is 18.0 Å². The number of rotatable bonds is 5. The molecule has 0 spiro atoms. The van der Waals surface area contributed by atoms with Crippen LogP contribution >= 0.6 is 0 Å². The minimum Gasteiger partial charge on any atom is -0.284 e. The van der Waals surface area contributed by atoms with Crippen molar-refractivity contribution >= 4 is 5.91 Å². The van der Waals surface area contributed by atoms with Crippen LogP contribution in [0.1, 0.15) is 18.4 Å². The van der Waals surface area contributed by atoms with Gasteiger partial charge in [0.25, 0.3) is 0 Å². The third kappa shape index (κ3) is 3.93. The number of carbonyl (C=O) groups is 1. The van der Waals surface area contributed by atoms with Gasteiger partial charge in [0.15, 0.2) is 0 Å². The number of amides is 1. The first kappa shape index (κ1) is 14.3. The van der Waals surface area contributed by atoms with E-state index in [9.17, 15) is 4.79 Å². The van der Waals surface area contributed by atoms with Gasteiger partial charge in [-0.3, -0.25) is 9.80 Å². The first-order valence-electron chi connectivity index (χ1n) is 6.82. The summed E-state index contributed by atoms with van der Waals surface area (Å²) in [4.78, 5) is 11.4. The number of aryl methyl sites for hydroxylation is 1. The Labute approximate surface area is 120 Å². The topological polar surface area (TPSA) is 46.3 Å². The summed E-state index contributed by atoms with van der Waals surface area (Å²) in [6.07, 6.45) is 2.22. The van der Waals surface area contributed by atoms with Gasteiger partial charge >= 0.3 is 0 Å². The smallest absolute Gasteiger partial charge is 0.236 e. The Kier molecular flexibility index (Phi) is 4.91. The maximum absolute atomic E-state index is 11.4. The lowest BCUT2D eigenvalue weighted by molar-refractivity contribution is -0.130. The van der Waals surface area contributed by atoms with Crippen molar-refractivity contribution in [3.63, 3.8) is 0 Å². The van der Waals surface area contributed by atoms with Crippen LogP contribution < -0.4 is 5.84 Å². The lowest BCUT2D eigenvalue weighted by Gasteiger charge is -2.09. The number of hydrogen-bond acceptors (Lipinski definition) is 2. The molecule has 2 N–H and O–H groups in total. The Bertz CT molecular complexity index is 547. The van der Waals surface area contributed by atoms with Crippen molar-refractivity contribution in [1.82, 2.24) is 5.01 Å². The van der Waals surface area contributed by atoms with Crippen molar-refractivity contribution in [2.45, 2.75) is 19.3 Å². The average Bonchev–Trinajstić information content (AvgIpc) is 2.48. The van der Waals surface area contributed by atoms with Crippen LogP contribution in [0.5, 0.6) is 0 Å². The van der Waals surface area contributed by atoms with Crippen LogP contribution in [0, 0.1) is 0 Å². The number of hydrogen-bond donors (Lipinski definition) is 1. The second kappa shape index (κ2) is 6.87. The Morgan fingerprint density at radius 1 is 1.00 bits per heavy atom. The van der Waals surface area contributed by atoms with Crippen LogP contribution in [-0.2, 0) is 11.2 Å². The minimum atomic E-state index is -0.0223. The highest BCUT2D eigenvalue weighted by molar-refractivity contribution is 5.75. The van der Waals surface area contributed by atoms with Crippen LogP contribution in [0.3, 0.4) is 0 Å². The van der Waals surface area contributed by atoms with Gasteiger partial charge in [0.1, 0.15) is 0 Å². The van der Waals surface area contributed by atoms with Gasteiger partial charge in [-0.05, 0) is 29.5 Å². The molecule has 104 valence electrons. The second-order valence-corrected chi connectivity index (χ2v) is 4.92. The van der Waals surface area contributed by atoms with E-state index in [0.29, 0.717) is 6.42 Å². The van der Waals surface area contributed by atoms with E-state index in [1.807, 2.05) is 18.2 Å². The van der Waals surface area contributed by atoms with Crippen molar-refractivity contribution in [1.29, 1.82) is 0 Å². The molecule has 0 aliphatic heterocycles. The van der Waals surface area contributed by atoms with Crippen molar-refractivity contribution in [3.8, 4) is 11.1 Å². The Hall–Kier alpha value is -2.13. The molecule has 1 amide bonds. The zero-order chi connectivity index (χ0) is 14.4. The molecule has 0 fully saturated rings. The zero-order valence-corrected chi connectivity index (χ0v) is 11.8. The molecule has 0 aliphatic carbocycles. The molecule has 0 aliphatic rings. The summed E-state index contributed by atoms with van der Waals surface area (Å²) >= 11 is 0. The molecule has 2 aromatic rings. The molecular weight excluding hydrogens is 248 g/mol. The number of nitrogens with zero attached hydrogens (tertiary/aromatic N) is 1. The first-order chi connectivity index (χ1) is 9.66. The fraction of sp³-hybridized carbons (Fsp3) is 0.235. The predicted octanol–water partition coefficient (Wildman–Crippen LogP) is 3.01. The SMILES string of the molecule is CN(N)C(=O)CCCc1ccc(-c2ccccc2)cc1. The fourth-order valence-corrected chi connectivity index (χ4v) is 2.11. The summed E-state index contributed by atoms with van der Waals surface area (Å²) in [6, 6.07) is 18.8. The molecular formula is C17H20N2O. The fourth-order valence-electron chi connectivity index (χ4n) is 2.11. The minimum absolute atomic E-state index is 0.0223. The van der Waals surface area contributed by atoms with Gasteiger partial charge in [-0.2, -0.15) is 0 Å². The molecule has 0 aromatic heterocycles. The summed E-state index contributed by atoms with van der Waals surface area (Å²) < 4.78 is 0. The van der Waals surface area contributed by atoms with Crippen LogP contribution in [0.2, 0.25) is 0 Å². The van der Waals surface area contributed by atoms with E-state index in [4.69, 9.17) is 5.84 Å². The van der Waals surface area contributed by atoms with E-state index in [1.165, 1.54) is 16.7 Å². The summed E-state index contributed by atoms with van der Waals surface area (Å²) in [5.74, 6) is 5.36. The molecule has 0 radical (unpaired) electrons. The molecule has 0 bridgehead atoms. The Balaban J connectivity index is 1.91. The normalized spacial score (nSPS) is 10.3. The van der Waals surface area contributed by atoms with Gasteiger partial charge in [0.2, 0.25) is 5.91 Å². The van der Waals surface area contributed by atoms with Gasteiger partial charge in [0, 0.05) is 13.5 Å². The summed E-state index contributed by atoms with van der Waals surface area (Å²) in [5, 5.41) is 1.15. The molecule has 2 rings (SSSR count). The van der Waals surface area contributed by atoms with E-state index in [0.717, 1.165) is 17.9 Å². The number of nitrogens with two attached hydrogens (primary N) is 1. The predicted molar refractivity (Wildman–Crippen MR) is 81.8 cm³/mol. The highest BCUT2D eigenvalue weighted by atomic mass is 16.2. The average molecular weight is 268 g/mol. The number of hydrazine groups is 1. The Morgan fingerprint density at radius 2 is 1.60 bits per heavy atom. The maximum Gasteiger partial charge on any atom is 0.236 e. The quantitative estimate of drug-likeness (QED) is 0.515. The summed E-state index contributed by atoms with van der Waals surface area (Å²) in [5.41, 5.74) is 3.68. The zero-order valence-electron chi connectivity index (χ0n) is 11.8. The van der Waals surface area contributed by atoms with Gasteiger partial charge in [-0.15, -0.1) is 0 Å². The lowest BCUT2D eigenvalue weighted by atomic mass is 10.0. The molecule has 0 saturated carbocycles. The van der Waals surface area contributed by atoms with E-state index in [2.05, 4.69) is 36.4 Å². The molecule has 0 saturated heterocycles. The van der Waals surface area contributed by atoms with Gasteiger partial charge < -0.3 is 0 Å². The third-order valence-electron chi connectivity index (χ3n) is 3.31. The monoisotopic (exact) mass is 268 g/mol. The molecule has 3 nitrogen and oxygen atoms in total. The molecule has 0 heterocycles. The summed E-state index contributed by atoms with van der Waals surface area (Å²) in [7, 11) is 1.58. The molecule has 20 heavy (non-hydrogen) atoms. The molecule has 0 atom stereocenters. The number of carbonyl (C=O) groups excluding carboxylic acids is 1. The largest absolute Gasteiger partial charge is 0.284 e. The highest BCUT2D eigenvalue weighted by Crippen LogP contribution is 2.19. The van der Waals surface area contributed by atoms with Crippen molar-refractivity contribution < 1.29 is 4.79 Å². The van der Waals surface area contributed by atoms with Crippen molar-refractivity contribution in [2.24, 2.45) is 5.84 Å². The lowest BCUT2D eigenvalue weighted by Crippen LogP contribution is -2.32. The van der Waals surface area contributed by atoms with Crippen molar-refractivity contribution in [3.05, 3.63) is 60.2 Å². The van der Waals surface area contributed by atoms with Gasteiger partial charge in [-0.25, -0.2) is 5.84 Å². The second-order valence-electron chi connectivity index (χ2n) is 4.92. The van der Waals surface area contributed by atoms with Crippen LogP contribution in [0.25, 0.3) is 11.1 Å². The van der Waals surface area contributed by atoms with Gasteiger partial charge in [0.05, 0.1) is 0 Å². The highest BCUT2D eigenvalue weighted by Gasteiger charge is 2.04. The van der Waals surface area contributed by atoms with Crippen LogP contribution in [0.15, 0.2) is 54.6 Å². The number of benzene rings is 2. The molecule has 0 unspecified atom stereocenters.